The predicted molar refractivity (Wildman–Crippen MR) is 118 cm³/mol. The molecule has 0 atom stereocenters. The second kappa shape index (κ2) is 9.54. The van der Waals surface area contributed by atoms with Gasteiger partial charge in [-0.05, 0) is 30.7 Å². The van der Waals surface area contributed by atoms with Gasteiger partial charge in [-0.15, -0.1) is 0 Å². The number of amides is 1. The summed E-state index contributed by atoms with van der Waals surface area (Å²) in [7, 11) is 5.24. The molecule has 6 heteroatoms. The molecule has 3 rings (SSSR count). The maximum absolute atomic E-state index is 12.7. The van der Waals surface area contributed by atoms with E-state index in [0.717, 1.165) is 49.7 Å². The molecule has 1 saturated heterocycles. The molecule has 0 radical (unpaired) electrons. The van der Waals surface area contributed by atoms with Crippen LogP contribution in [0.25, 0.3) is 0 Å². The minimum absolute atomic E-state index is 0.0365. The lowest BCUT2D eigenvalue weighted by Crippen LogP contribution is -2.46. The molecule has 1 heterocycles. The van der Waals surface area contributed by atoms with Crippen LogP contribution in [0.5, 0.6) is 11.5 Å². The number of anilines is 2. The number of ether oxygens (including phenoxy) is 2. The molecule has 0 aliphatic carbocycles. The highest BCUT2D eigenvalue weighted by molar-refractivity contribution is 5.98. The normalized spacial score (nSPS) is 13.9. The van der Waals surface area contributed by atoms with E-state index in [-0.39, 0.29) is 5.91 Å². The molecule has 1 aliphatic heterocycles. The minimum atomic E-state index is -0.0365. The van der Waals surface area contributed by atoms with Crippen molar-refractivity contribution in [2.24, 2.45) is 0 Å². The number of carbonyl (C=O) groups excluding carboxylic acids is 1. The zero-order valence-electron chi connectivity index (χ0n) is 17.9. The Bertz CT molecular complexity index is 830. The summed E-state index contributed by atoms with van der Waals surface area (Å²) >= 11 is 0. The van der Waals surface area contributed by atoms with Crippen molar-refractivity contribution in [1.82, 2.24) is 4.90 Å². The maximum atomic E-state index is 12.7. The van der Waals surface area contributed by atoms with Crippen LogP contribution in [-0.4, -0.2) is 64.8 Å². The quantitative estimate of drug-likeness (QED) is 0.715. The average Bonchev–Trinajstić information content (AvgIpc) is 2.77. The Morgan fingerprint density at radius 2 is 1.59 bits per heavy atom. The van der Waals surface area contributed by atoms with E-state index < -0.39 is 0 Å². The number of carbonyl (C=O) groups is 1. The number of nitrogens with zero attached hydrogens (tertiary/aromatic N) is 3. The van der Waals surface area contributed by atoms with Gasteiger partial charge in [-0.2, -0.15) is 0 Å². The number of hydrogen-bond donors (Lipinski definition) is 0. The second-order valence-electron chi connectivity index (χ2n) is 7.35. The lowest BCUT2D eigenvalue weighted by molar-refractivity contribution is 0.0823. The van der Waals surface area contributed by atoms with Crippen LogP contribution in [0, 0.1) is 0 Å². The van der Waals surface area contributed by atoms with Crippen molar-refractivity contribution in [3.63, 3.8) is 0 Å². The molecule has 2 aromatic rings. The molecule has 0 aromatic heterocycles. The molecule has 0 bridgehead atoms. The Labute approximate surface area is 173 Å². The fourth-order valence-corrected chi connectivity index (χ4v) is 3.62. The molecule has 0 saturated carbocycles. The summed E-state index contributed by atoms with van der Waals surface area (Å²) < 4.78 is 11.6. The van der Waals surface area contributed by atoms with Crippen molar-refractivity contribution in [2.45, 2.75) is 13.3 Å². The van der Waals surface area contributed by atoms with E-state index in [9.17, 15) is 4.79 Å². The van der Waals surface area contributed by atoms with Gasteiger partial charge < -0.3 is 24.2 Å². The first-order valence-electron chi connectivity index (χ1n) is 10.2. The van der Waals surface area contributed by atoms with E-state index in [0.29, 0.717) is 17.9 Å². The van der Waals surface area contributed by atoms with E-state index in [4.69, 9.17) is 9.47 Å². The predicted octanol–water partition coefficient (Wildman–Crippen LogP) is 3.51. The highest BCUT2D eigenvalue weighted by Gasteiger charge is 2.25. The molecule has 1 amide bonds. The summed E-state index contributed by atoms with van der Waals surface area (Å²) in [5.74, 6) is 1.55. The average molecular weight is 398 g/mol. The molecule has 6 nitrogen and oxygen atoms in total. The van der Waals surface area contributed by atoms with Crippen molar-refractivity contribution in [3.8, 4) is 11.5 Å². The third kappa shape index (κ3) is 4.58. The van der Waals surface area contributed by atoms with Crippen molar-refractivity contribution >= 4 is 17.3 Å². The first kappa shape index (κ1) is 20.8. The Hall–Kier alpha value is -2.89. The SMILES string of the molecule is CCCOc1c(C(=O)N(C)C)cccc1N1CCN(c2ccccc2OC)CC1. The molecule has 0 N–H and O–H groups in total. The van der Waals surface area contributed by atoms with Crippen LogP contribution in [0.3, 0.4) is 0 Å². The molecule has 1 aliphatic rings. The molecule has 156 valence electrons. The zero-order chi connectivity index (χ0) is 20.8. The summed E-state index contributed by atoms with van der Waals surface area (Å²) in [5, 5.41) is 0. The molecule has 0 spiro atoms. The smallest absolute Gasteiger partial charge is 0.257 e. The maximum Gasteiger partial charge on any atom is 0.257 e. The van der Waals surface area contributed by atoms with Gasteiger partial charge in [0, 0.05) is 40.3 Å². The topological polar surface area (TPSA) is 45.2 Å². The second-order valence-corrected chi connectivity index (χ2v) is 7.35. The highest BCUT2D eigenvalue weighted by atomic mass is 16.5. The number of rotatable bonds is 7. The van der Waals surface area contributed by atoms with Crippen molar-refractivity contribution in [1.29, 1.82) is 0 Å². The van der Waals surface area contributed by atoms with Gasteiger partial charge in [-0.3, -0.25) is 4.79 Å². The minimum Gasteiger partial charge on any atom is -0.495 e. The van der Waals surface area contributed by atoms with Gasteiger partial charge in [0.25, 0.3) is 5.91 Å². The van der Waals surface area contributed by atoms with Gasteiger partial charge in [0.05, 0.1) is 30.7 Å². The third-order valence-electron chi connectivity index (χ3n) is 5.13. The van der Waals surface area contributed by atoms with E-state index >= 15 is 0 Å². The van der Waals surface area contributed by atoms with Crippen LogP contribution in [0.4, 0.5) is 11.4 Å². The molecule has 0 unspecified atom stereocenters. The van der Waals surface area contributed by atoms with Crippen molar-refractivity contribution in [3.05, 3.63) is 48.0 Å². The summed E-state index contributed by atoms with van der Waals surface area (Å²) in [6, 6.07) is 14.0. The largest absolute Gasteiger partial charge is 0.495 e. The first-order chi connectivity index (χ1) is 14.1. The van der Waals surface area contributed by atoms with Gasteiger partial charge in [0.15, 0.2) is 5.75 Å². The van der Waals surface area contributed by atoms with Crippen LogP contribution in [-0.2, 0) is 0 Å². The number of methoxy groups -OCH3 is 1. The van der Waals surface area contributed by atoms with Crippen LogP contribution in [0.15, 0.2) is 42.5 Å². The number of para-hydroxylation sites is 3. The van der Waals surface area contributed by atoms with Gasteiger partial charge >= 0.3 is 0 Å². The van der Waals surface area contributed by atoms with Crippen LogP contribution < -0.4 is 19.3 Å². The summed E-state index contributed by atoms with van der Waals surface area (Å²) in [6.07, 6.45) is 0.894. The molecular weight excluding hydrogens is 366 g/mol. The van der Waals surface area contributed by atoms with Crippen molar-refractivity contribution < 1.29 is 14.3 Å². The number of hydrogen-bond acceptors (Lipinski definition) is 5. The Morgan fingerprint density at radius 3 is 2.21 bits per heavy atom. The molecule has 29 heavy (non-hydrogen) atoms. The molecular formula is C23H31N3O3. The van der Waals surface area contributed by atoms with E-state index in [1.807, 2.05) is 30.3 Å². The molecule has 1 fully saturated rings. The molecule has 2 aromatic carbocycles. The highest BCUT2D eigenvalue weighted by Crippen LogP contribution is 2.35. The summed E-state index contributed by atoms with van der Waals surface area (Å²) in [5.41, 5.74) is 2.73. The third-order valence-corrected chi connectivity index (χ3v) is 5.13. The fraction of sp³-hybridized carbons (Fsp3) is 0.435. The Morgan fingerprint density at radius 1 is 0.966 bits per heavy atom. The number of piperazine rings is 1. The van der Waals surface area contributed by atoms with E-state index in [1.165, 1.54) is 0 Å². The van der Waals surface area contributed by atoms with Crippen LogP contribution in [0.2, 0.25) is 0 Å². The van der Waals surface area contributed by atoms with Gasteiger partial charge in [0.1, 0.15) is 5.75 Å². The first-order valence-corrected chi connectivity index (χ1v) is 10.2. The Balaban J connectivity index is 1.82. The number of benzene rings is 2. The lowest BCUT2D eigenvalue weighted by Gasteiger charge is -2.38. The van der Waals surface area contributed by atoms with E-state index in [2.05, 4.69) is 28.9 Å². The van der Waals surface area contributed by atoms with E-state index in [1.54, 1.807) is 26.1 Å². The van der Waals surface area contributed by atoms with Gasteiger partial charge in [-0.1, -0.05) is 25.1 Å². The van der Waals surface area contributed by atoms with Gasteiger partial charge in [-0.25, -0.2) is 0 Å². The Kier molecular flexibility index (Phi) is 6.86. The van der Waals surface area contributed by atoms with Crippen molar-refractivity contribution in [2.75, 3.05) is 63.8 Å². The summed E-state index contributed by atoms with van der Waals surface area (Å²) in [4.78, 5) is 18.9. The summed E-state index contributed by atoms with van der Waals surface area (Å²) in [6.45, 7) is 6.10. The van der Waals surface area contributed by atoms with Crippen LogP contribution in [0.1, 0.15) is 23.7 Å². The lowest BCUT2D eigenvalue weighted by atomic mass is 10.1. The van der Waals surface area contributed by atoms with Crippen LogP contribution >= 0.6 is 0 Å². The fourth-order valence-electron chi connectivity index (χ4n) is 3.62. The zero-order valence-corrected chi connectivity index (χ0v) is 17.9. The van der Waals surface area contributed by atoms with Gasteiger partial charge in [0.2, 0.25) is 0 Å². The monoisotopic (exact) mass is 397 g/mol. The standard InChI is InChI=1S/C23H31N3O3/c1-5-17-29-22-18(23(27)24(2)3)9-8-11-20(22)26-15-13-25(14-16-26)19-10-6-7-12-21(19)28-4/h6-12H,5,13-17H2,1-4H3.